The Hall–Kier alpha value is -7.76. The highest BCUT2D eigenvalue weighted by Crippen LogP contribution is 2.42. The molecule has 0 saturated heterocycles. The Morgan fingerprint density at radius 3 is 1.88 bits per heavy atom. The second-order valence-electron chi connectivity index (χ2n) is 15.2. The molecule has 0 fully saturated rings. The van der Waals surface area contributed by atoms with Gasteiger partial charge in [0.1, 0.15) is 11.2 Å². The van der Waals surface area contributed by atoms with Crippen molar-refractivity contribution in [2.24, 2.45) is 9.98 Å². The number of rotatable bonds is 6. The molecule has 0 amide bonds. The molecule has 11 rings (SSSR count). The van der Waals surface area contributed by atoms with Gasteiger partial charge in [-0.15, -0.1) is 0 Å². The molecule has 5 nitrogen and oxygen atoms in total. The fourth-order valence-electron chi connectivity index (χ4n) is 8.93. The van der Waals surface area contributed by atoms with Crippen molar-refractivity contribution in [2.75, 3.05) is 0 Å². The van der Waals surface area contributed by atoms with E-state index in [0.717, 1.165) is 84.0 Å². The average Bonchev–Trinajstić information content (AvgIpc) is 3.97. The summed E-state index contributed by atoms with van der Waals surface area (Å²) < 4.78 is 11.2. The lowest BCUT2D eigenvalue weighted by molar-refractivity contribution is 0.667. The minimum atomic E-state index is 0.579. The molecule has 0 aliphatic heterocycles. The van der Waals surface area contributed by atoms with Crippen LogP contribution in [0.1, 0.15) is 31.4 Å². The fraction of sp³-hybridized carbons (Fsp3) is 0.0545. The van der Waals surface area contributed by atoms with Crippen molar-refractivity contribution in [3.05, 3.63) is 205 Å². The van der Waals surface area contributed by atoms with Crippen LogP contribution in [0.25, 0.3) is 88.1 Å². The summed E-state index contributed by atoms with van der Waals surface area (Å²) in [6, 6.07) is 66.3. The lowest BCUT2D eigenvalue weighted by atomic mass is 10.1. The van der Waals surface area contributed by atoms with E-state index in [1.54, 1.807) is 0 Å². The first-order valence-corrected chi connectivity index (χ1v) is 20.6. The number of benzene rings is 8. The van der Waals surface area contributed by atoms with Gasteiger partial charge in [-0.05, 0) is 78.6 Å². The summed E-state index contributed by atoms with van der Waals surface area (Å²) in [6.45, 7) is 4.21. The van der Waals surface area contributed by atoms with Gasteiger partial charge in [0.15, 0.2) is 0 Å². The molecule has 0 aliphatic carbocycles. The first-order chi connectivity index (χ1) is 29.7. The number of hydrogen-bond acceptors (Lipinski definition) is 2. The van der Waals surface area contributed by atoms with Gasteiger partial charge in [-0.1, -0.05) is 153 Å². The molecule has 11 aromatic rings. The smallest absolute Gasteiger partial charge is 0.235 e. The largest absolute Gasteiger partial charge is 0.455 e. The molecule has 60 heavy (non-hydrogen) atoms. The van der Waals surface area contributed by atoms with Crippen LogP contribution in [0, 0.1) is 0 Å². The molecule has 0 unspecified atom stereocenters. The summed E-state index contributed by atoms with van der Waals surface area (Å²) in [6.07, 6.45) is 2.96. The predicted octanol–water partition coefficient (Wildman–Crippen LogP) is 14.6. The molecule has 0 bridgehead atoms. The van der Waals surface area contributed by atoms with E-state index in [1.807, 2.05) is 18.2 Å². The highest BCUT2D eigenvalue weighted by Gasteiger charge is 2.23. The van der Waals surface area contributed by atoms with E-state index in [1.165, 1.54) is 27.3 Å². The summed E-state index contributed by atoms with van der Waals surface area (Å²) >= 11 is 0. The molecule has 5 heteroatoms. The summed E-state index contributed by atoms with van der Waals surface area (Å²) in [5, 5.41) is 6.85. The van der Waals surface area contributed by atoms with E-state index >= 15 is 0 Å². The predicted molar refractivity (Wildman–Crippen MR) is 253 cm³/mol. The van der Waals surface area contributed by atoms with E-state index in [4.69, 9.17) is 14.4 Å². The topological polar surface area (TPSA) is 47.7 Å². The van der Waals surface area contributed by atoms with Crippen LogP contribution in [0.4, 0.5) is 0 Å². The quantitative estimate of drug-likeness (QED) is 0.123. The van der Waals surface area contributed by atoms with Crippen LogP contribution in [-0.4, -0.2) is 20.8 Å². The zero-order valence-electron chi connectivity index (χ0n) is 33.4. The number of aliphatic imine (C=N–C) groups is 2. The Kier molecular flexibility index (Phi) is 8.59. The SMILES string of the molecule is CC/C=C(/N=C(N=C(C)c1ccccc1)n1c2ccccc2c2c3c4ccccc4n(-c4ccc(-c5ccccc5)cc4)c3ccc21)c1cccc2c1oc1ccccc12. The number of nitrogens with zero attached hydrogens (tertiary/aromatic N) is 4. The Morgan fingerprint density at radius 2 is 1.12 bits per heavy atom. The summed E-state index contributed by atoms with van der Waals surface area (Å²) in [4.78, 5) is 11.0. The van der Waals surface area contributed by atoms with Crippen LogP contribution in [0.2, 0.25) is 0 Å². The van der Waals surface area contributed by atoms with E-state index < -0.39 is 0 Å². The first kappa shape index (κ1) is 35.4. The molecule has 3 heterocycles. The van der Waals surface area contributed by atoms with Crippen LogP contribution in [0.15, 0.2) is 209 Å². The molecular formula is C55H40N4O. The molecule has 0 aliphatic rings. The van der Waals surface area contributed by atoms with E-state index in [-0.39, 0.29) is 0 Å². The van der Waals surface area contributed by atoms with Crippen LogP contribution < -0.4 is 0 Å². The molecule has 0 spiro atoms. The third kappa shape index (κ3) is 5.77. The number of fused-ring (bicyclic) bond motifs is 10. The van der Waals surface area contributed by atoms with Crippen molar-refractivity contribution < 1.29 is 4.42 Å². The minimum absolute atomic E-state index is 0.579. The average molecular weight is 773 g/mol. The third-order valence-corrected chi connectivity index (χ3v) is 11.7. The van der Waals surface area contributed by atoms with Gasteiger partial charge in [0.25, 0.3) is 0 Å². The maximum absolute atomic E-state index is 6.58. The van der Waals surface area contributed by atoms with E-state index in [2.05, 4.69) is 199 Å². The van der Waals surface area contributed by atoms with Gasteiger partial charge in [-0.3, -0.25) is 4.57 Å². The number of allylic oxidation sites excluding steroid dienone is 1. The lowest BCUT2D eigenvalue weighted by Gasteiger charge is -2.12. The summed E-state index contributed by atoms with van der Waals surface area (Å²) in [5.41, 5.74) is 13.2. The Labute approximate surface area is 347 Å². The Bertz CT molecular complexity index is 3510. The van der Waals surface area contributed by atoms with Crippen molar-refractivity contribution in [1.82, 2.24) is 9.13 Å². The van der Waals surface area contributed by atoms with Gasteiger partial charge in [0, 0.05) is 49.3 Å². The maximum Gasteiger partial charge on any atom is 0.235 e. The van der Waals surface area contributed by atoms with Crippen LogP contribution in [-0.2, 0) is 0 Å². The molecule has 0 atom stereocenters. The third-order valence-electron chi connectivity index (χ3n) is 11.7. The molecular weight excluding hydrogens is 733 g/mol. The maximum atomic E-state index is 6.58. The normalized spacial score (nSPS) is 12.9. The van der Waals surface area contributed by atoms with Crippen molar-refractivity contribution >= 4 is 82.9 Å². The van der Waals surface area contributed by atoms with Crippen molar-refractivity contribution in [1.29, 1.82) is 0 Å². The van der Waals surface area contributed by atoms with Gasteiger partial charge >= 0.3 is 0 Å². The van der Waals surface area contributed by atoms with Gasteiger partial charge in [-0.25, -0.2) is 9.98 Å². The number of para-hydroxylation sites is 4. The lowest BCUT2D eigenvalue weighted by Crippen LogP contribution is -2.12. The van der Waals surface area contributed by atoms with Crippen molar-refractivity contribution in [2.45, 2.75) is 20.3 Å². The van der Waals surface area contributed by atoms with Gasteiger partial charge < -0.3 is 8.98 Å². The van der Waals surface area contributed by atoms with E-state index in [0.29, 0.717) is 5.96 Å². The van der Waals surface area contributed by atoms with Gasteiger partial charge in [-0.2, -0.15) is 0 Å². The standard InChI is InChI=1S/C55H40N4O/c1-3-17-46(43-26-16-25-42-41-22-12-15-29-51(41)60-54(42)43)57-55(56-36(2)37-18-6-4-7-19-37)59-48-28-14-11-24-45(48)53-50(59)35-34-49-52(53)44-23-10-13-27-47(44)58(49)40-32-30-39(31-33-40)38-20-8-5-9-21-38/h4-35H,3H2,1-2H3/b46-17+,56-36?,57-55?. The first-order valence-electron chi connectivity index (χ1n) is 20.6. The summed E-state index contributed by atoms with van der Waals surface area (Å²) in [5.74, 6) is 0.579. The monoisotopic (exact) mass is 772 g/mol. The van der Waals surface area contributed by atoms with Crippen LogP contribution in [0.5, 0.6) is 0 Å². The zero-order chi connectivity index (χ0) is 40.2. The second kappa shape index (κ2) is 14.6. The second-order valence-corrected chi connectivity index (χ2v) is 15.2. The van der Waals surface area contributed by atoms with Crippen LogP contribution >= 0.6 is 0 Å². The molecule has 8 aromatic carbocycles. The van der Waals surface area contributed by atoms with Crippen LogP contribution in [0.3, 0.4) is 0 Å². The Balaban J connectivity index is 1.18. The van der Waals surface area contributed by atoms with Gasteiger partial charge in [0.2, 0.25) is 5.96 Å². The highest BCUT2D eigenvalue weighted by molar-refractivity contribution is 6.30. The minimum Gasteiger partial charge on any atom is -0.455 e. The number of aromatic nitrogens is 2. The molecule has 286 valence electrons. The summed E-state index contributed by atoms with van der Waals surface area (Å²) in [7, 11) is 0. The van der Waals surface area contributed by atoms with Crippen molar-refractivity contribution in [3.63, 3.8) is 0 Å². The molecule has 0 radical (unpaired) electrons. The fourth-order valence-corrected chi connectivity index (χ4v) is 8.93. The Morgan fingerprint density at radius 1 is 0.517 bits per heavy atom. The van der Waals surface area contributed by atoms with Crippen molar-refractivity contribution in [3.8, 4) is 16.8 Å². The van der Waals surface area contributed by atoms with E-state index in [9.17, 15) is 0 Å². The van der Waals surface area contributed by atoms with Gasteiger partial charge in [0.05, 0.1) is 27.8 Å². The number of hydrogen-bond donors (Lipinski definition) is 0. The molecule has 3 aromatic heterocycles. The number of furan rings is 1. The highest BCUT2D eigenvalue weighted by atomic mass is 16.3. The zero-order valence-corrected chi connectivity index (χ0v) is 33.4. The molecule has 0 saturated carbocycles. The molecule has 0 N–H and O–H groups in total.